The van der Waals surface area contributed by atoms with Crippen molar-refractivity contribution in [1.82, 2.24) is 4.90 Å². The molecule has 1 N–H and O–H groups in total. The van der Waals surface area contributed by atoms with Gasteiger partial charge < -0.3 is 19.5 Å². The fourth-order valence-electron chi connectivity index (χ4n) is 3.26. The number of β-amino-alcohol motifs (C(OH)–C–C–N with tert-alkyl or cyclic N) is 1. The van der Waals surface area contributed by atoms with E-state index in [1.807, 2.05) is 0 Å². The number of aliphatic hydroxyl groups is 1. The maximum atomic E-state index is 12.7. The summed E-state index contributed by atoms with van der Waals surface area (Å²) >= 11 is 0. The van der Waals surface area contributed by atoms with Crippen LogP contribution in [0.5, 0.6) is 5.75 Å². The average molecular weight is 325 g/mol. The van der Waals surface area contributed by atoms with E-state index >= 15 is 0 Å². The van der Waals surface area contributed by atoms with Gasteiger partial charge in [0, 0.05) is 19.6 Å². The Hall–Kier alpha value is -1.17. The zero-order valence-electron chi connectivity index (χ0n) is 14.1. The molecule has 23 heavy (non-hydrogen) atoms. The number of aliphatic hydroxyl groups excluding tert-OH is 1. The number of hydrogen-bond donors (Lipinski definition) is 1. The molecule has 5 heteroatoms. The molecule has 1 aliphatic rings. The monoisotopic (exact) mass is 325 g/mol. The van der Waals surface area contributed by atoms with E-state index in [1.54, 1.807) is 12.1 Å². The number of rotatable bonds is 8. The molecule has 2 rings (SSSR count). The van der Waals surface area contributed by atoms with Crippen molar-refractivity contribution < 1.29 is 19.0 Å². The third kappa shape index (κ3) is 6.85. The highest BCUT2D eigenvalue weighted by molar-refractivity contribution is 5.21. The first-order valence-corrected chi connectivity index (χ1v) is 8.39. The van der Waals surface area contributed by atoms with Crippen LogP contribution >= 0.6 is 0 Å². The van der Waals surface area contributed by atoms with Crippen molar-refractivity contribution in [2.24, 2.45) is 11.8 Å². The zero-order chi connectivity index (χ0) is 16.7. The number of ether oxygens (including phenoxy) is 2. The van der Waals surface area contributed by atoms with E-state index in [-0.39, 0.29) is 5.82 Å². The van der Waals surface area contributed by atoms with Gasteiger partial charge in [0.2, 0.25) is 0 Å². The second-order valence-corrected chi connectivity index (χ2v) is 6.70. The second kappa shape index (κ2) is 9.21. The van der Waals surface area contributed by atoms with Crippen molar-refractivity contribution in [1.29, 1.82) is 0 Å². The molecule has 1 aliphatic heterocycles. The molecule has 0 bridgehead atoms. The topological polar surface area (TPSA) is 41.9 Å². The molecule has 1 fully saturated rings. The van der Waals surface area contributed by atoms with E-state index in [0.717, 1.165) is 13.1 Å². The average Bonchev–Trinajstić information content (AvgIpc) is 2.47. The fraction of sp³-hybridized carbons (Fsp3) is 0.667. The lowest BCUT2D eigenvalue weighted by atomic mass is 9.92. The highest BCUT2D eigenvalue weighted by Gasteiger charge is 2.23. The number of nitrogens with zero attached hydrogens (tertiary/aromatic N) is 1. The minimum atomic E-state index is -0.474. The van der Waals surface area contributed by atoms with Gasteiger partial charge in [-0.15, -0.1) is 0 Å². The van der Waals surface area contributed by atoms with Crippen molar-refractivity contribution in [3.05, 3.63) is 30.1 Å². The van der Waals surface area contributed by atoms with Crippen LogP contribution in [0.2, 0.25) is 0 Å². The van der Waals surface area contributed by atoms with Crippen LogP contribution in [0.4, 0.5) is 4.39 Å². The maximum Gasteiger partial charge on any atom is 0.123 e. The van der Waals surface area contributed by atoms with Gasteiger partial charge >= 0.3 is 0 Å². The van der Waals surface area contributed by atoms with Crippen molar-refractivity contribution in [3.8, 4) is 5.75 Å². The Labute approximate surface area is 138 Å². The normalized spacial score (nSPS) is 23.7. The number of piperidine rings is 1. The van der Waals surface area contributed by atoms with Gasteiger partial charge in [-0.25, -0.2) is 4.39 Å². The Kier molecular flexibility index (Phi) is 7.27. The molecule has 0 spiro atoms. The molecule has 0 unspecified atom stereocenters. The van der Waals surface area contributed by atoms with Gasteiger partial charge in [-0.05, 0) is 42.5 Å². The van der Waals surface area contributed by atoms with Crippen LogP contribution < -0.4 is 4.74 Å². The number of benzene rings is 1. The third-order valence-corrected chi connectivity index (χ3v) is 4.03. The summed E-state index contributed by atoms with van der Waals surface area (Å²) in [5.74, 6) is 1.72. The molecule has 0 radical (unpaired) electrons. The van der Waals surface area contributed by atoms with Crippen LogP contribution in [0, 0.1) is 17.7 Å². The molecular weight excluding hydrogens is 297 g/mol. The first kappa shape index (κ1) is 18.2. The van der Waals surface area contributed by atoms with Gasteiger partial charge in [0.25, 0.3) is 0 Å². The molecule has 0 amide bonds. The van der Waals surface area contributed by atoms with E-state index in [9.17, 15) is 9.50 Å². The van der Waals surface area contributed by atoms with E-state index < -0.39 is 6.10 Å². The highest BCUT2D eigenvalue weighted by Crippen LogP contribution is 2.20. The Morgan fingerprint density at radius 3 is 2.48 bits per heavy atom. The molecule has 1 saturated heterocycles. The smallest absolute Gasteiger partial charge is 0.123 e. The first-order valence-electron chi connectivity index (χ1n) is 8.39. The predicted molar refractivity (Wildman–Crippen MR) is 88.1 cm³/mol. The predicted octanol–water partition coefficient (Wildman–Crippen LogP) is 2.56. The summed E-state index contributed by atoms with van der Waals surface area (Å²) in [5, 5.41) is 10.1. The molecule has 1 heterocycles. The van der Waals surface area contributed by atoms with Crippen molar-refractivity contribution in [3.63, 3.8) is 0 Å². The van der Waals surface area contributed by atoms with E-state index in [2.05, 4.69) is 18.7 Å². The quantitative estimate of drug-likeness (QED) is 0.746. The third-order valence-electron chi connectivity index (χ3n) is 4.03. The summed E-state index contributed by atoms with van der Waals surface area (Å²) in [4.78, 5) is 2.32. The standard InChI is InChI=1S/C18H28FNO3/c1-14-9-15(2)11-20(10-14)12-17(21)13-22-7-8-23-18-5-3-16(19)4-6-18/h3-6,14-15,17,21H,7-13H2,1-2H3/t14-,15+,17-/m1/s1. The van der Waals surface area contributed by atoms with E-state index in [4.69, 9.17) is 9.47 Å². The van der Waals surface area contributed by atoms with Crippen LogP contribution in [0.15, 0.2) is 24.3 Å². The van der Waals surface area contributed by atoms with Crippen LogP contribution in [0.1, 0.15) is 20.3 Å². The lowest BCUT2D eigenvalue weighted by Gasteiger charge is -2.35. The zero-order valence-corrected chi connectivity index (χ0v) is 14.1. The molecule has 0 aromatic heterocycles. The summed E-state index contributed by atoms with van der Waals surface area (Å²) in [6, 6.07) is 5.90. The van der Waals surface area contributed by atoms with Gasteiger partial charge in [-0.3, -0.25) is 0 Å². The van der Waals surface area contributed by atoms with Crippen molar-refractivity contribution >= 4 is 0 Å². The Balaban J connectivity index is 1.56. The summed E-state index contributed by atoms with van der Waals surface area (Å²) < 4.78 is 23.6. The summed E-state index contributed by atoms with van der Waals surface area (Å²) in [5.41, 5.74) is 0. The van der Waals surface area contributed by atoms with E-state index in [0.29, 0.717) is 44.0 Å². The van der Waals surface area contributed by atoms with Gasteiger partial charge in [-0.2, -0.15) is 0 Å². The van der Waals surface area contributed by atoms with Crippen LogP contribution in [-0.4, -0.2) is 55.6 Å². The second-order valence-electron chi connectivity index (χ2n) is 6.70. The minimum absolute atomic E-state index is 0.280. The number of hydrogen-bond acceptors (Lipinski definition) is 4. The fourth-order valence-corrected chi connectivity index (χ4v) is 3.26. The molecule has 1 aromatic rings. The molecule has 3 atom stereocenters. The summed E-state index contributed by atoms with van der Waals surface area (Å²) in [7, 11) is 0. The van der Waals surface area contributed by atoms with Gasteiger partial charge in [0.1, 0.15) is 18.2 Å². The Morgan fingerprint density at radius 1 is 1.17 bits per heavy atom. The summed E-state index contributed by atoms with van der Waals surface area (Å²) in [6.45, 7) is 8.39. The SMILES string of the molecule is C[C@@H]1C[C@H](C)CN(C[C@@H](O)COCCOc2ccc(F)cc2)C1. The Morgan fingerprint density at radius 2 is 1.83 bits per heavy atom. The highest BCUT2D eigenvalue weighted by atomic mass is 19.1. The van der Waals surface area contributed by atoms with Crippen LogP contribution in [-0.2, 0) is 4.74 Å². The van der Waals surface area contributed by atoms with E-state index in [1.165, 1.54) is 18.6 Å². The number of halogens is 1. The number of likely N-dealkylation sites (tertiary alicyclic amines) is 1. The maximum absolute atomic E-state index is 12.7. The molecule has 0 aliphatic carbocycles. The Bertz CT molecular complexity index is 444. The largest absolute Gasteiger partial charge is 0.491 e. The van der Waals surface area contributed by atoms with Gasteiger partial charge in [-0.1, -0.05) is 13.8 Å². The van der Waals surface area contributed by atoms with Crippen molar-refractivity contribution in [2.45, 2.75) is 26.4 Å². The molecule has 0 saturated carbocycles. The molecule has 130 valence electrons. The minimum Gasteiger partial charge on any atom is -0.491 e. The molecular formula is C18H28FNO3. The van der Waals surface area contributed by atoms with Crippen molar-refractivity contribution in [2.75, 3.05) is 39.5 Å². The van der Waals surface area contributed by atoms with Crippen LogP contribution in [0.25, 0.3) is 0 Å². The lowest BCUT2D eigenvalue weighted by molar-refractivity contribution is -0.00211. The van der Waals surface area contributed by atoms with Gasteiger partial charge in [0.15, 0.2) is 0 Å². The molecule has 1 aromatic carbocycles. The lowest BCUT2D eigenvalue weighted by Crippen LogP contribution is -2.43. The van der Waals surface area contributed by atoms with Crippen LogP contribution in [0.3, 0.4) is 0 Å². The molecule has 4 nitrogen and oxygen atoms in total. The summed E-state index contributed by atoms with van der Waals surface area (Å²) in [6.07, 6.45) is 0.794. The first-order chi connectivity index (χ1) is 11.0. The van der Waals surface area contributed by atoms with Gasteiger partial charge in [0.05, 0.1) is 19.3 Å².